The molecule has 1 aromatic rings. The molecule has 2 heterocycles. The van der Waals surface area contributed by atoms with Gasteiger partial charge in [0.25, 0.3) is 0 Å². The number of urea groups is 1. The van der Waals surface area contributed by atoms with Crippen molar-refractivity contribution in [2.45, 2.75) is 6.54 Å². The second-order valence-corrected chi connectivity index (χ2v) is 4.70. The lowest BCUT2D eigenvalue weighted by atomic mass is 10.4. The number of carbonyl (C=O) groups excluding carboxylic acids is 1. The smallest absolute Gasteiger partial charge is 0.317 e. The van der Waals surface area contributed by atoms with Crippen LogP contribution in [0.5, 0.6) is 0 Å². The molecule has 0 aliphatic carbocycles. The van der Waals surface area contributed by atoms with Crippen molar-refractivity contribution in [1.82, 2.24) is 10.2 Å². The number of amides is 2. The van der Waals surface area contributed by atoms with Crippen LogP contribution in [0.4, 0.5) is 4.79 Å². The number of thiophene rings is 1. The lowest BCUT2D eigenvalue weighted by molar-refractivity contribution is 0.216. The summed E-state index contributed by atoms with van der Waals surface area (Å²) >= 11 is 5.12. The Bertz CT molecular complexity index is 326. The van der Waals surface area contributed by atoms with E-state index >= 15 is 0 Å². The highest BCUT2D eigenvalue weighted by molar-refractivity contribution is 9.10. The van der Waals surface area contributed by atoms with Gasteiger partial charge in [-0.15, -0.1) is 11.3 Å². The molecular formula is C8H9BrN2OS. The van der Waals surface area contributed by atoms with Gasteiger partial charge in [0, 0.05) is 22.4 Å². The van der Waals surface area contributed by atoms with Gasteiger partial charge in [-0.2, -0.15) is 0 Å². The molecule has 13 heavy (non-hydrogen) atoms. The molecule has 1 aromatic heterocycles. The number of nitrogens with one attached hydrogen (secondary N) is 1. The first-order valence-electron chi connectivity index (χ1n) is 4.02. The summed E-state index contributed by atoms with van der Waals surface area (Å²) in [5, 5.41) is 4.80. The highest BCUT2D eigenvalue weighted by Crippen LogP contribution is 2.24. The summed E-state index contributed by atoms with van der Waals surface area (Å²) in [5.41, 5.74) is 0. The zero-order valence-electron chi connectivity index (χ0n) is 6.92. The SMILES string of the molecule is O=C1NCCN1Cc1sccc1Br. The maximum atomic E-state index is 11.2. The Morgan fingerprint density at radius 2 is 2.54 bits per heavy atom. The topological polar surface area (TPSA) is 32.3 Å². The molecule has 0 aromatic carbocycles. The predicted octanol–water partition coefficient (Wildman–Crippen LogP) is 2.04. The monoisotopic (exact) mass is 260 g/mol. The zero-order valence-corrected chi connectivity index (χ0v) is 9.32. The van der Waals surface area contributed by atoms with Crippen molar-refractivity contribution in [1.29, 1.82) is 0 Å². The first kappa shape index (κ1) is 9.02. The molecule has 0 radical (unpaired) electrons. The summed E-state index contributed by atoms with van der Waals surface area (Å²) in [6.07, 6.45) is 0. The molecule has 0 saturated carbocycles. The Morgan fingerprint density at radius 1 is 1.69 bits per heavy atom. The van der Waals surface area contributed by atoms with Crippen molar-refractivity contribution >= 4 is 33.3 Å². The van der Waals surface area contributed by atoms with Crippen LogP contribution in [0.3, 0.4) is 0 Å². The first-order valence-corrected chi connectivity index (χ1v) is 5.69. The van der Waals surface area contributed by atoms with E-state index in [1.54, 1.807) is 11.3 Å². The van der Waals surface area contributed by atoms with E-state index in [0.29, 0.717) is 6.54 Å². The molecule has 1 aliphatic heterocycles. The van der Waals surface area contributed by atoms with Crippen LogP contribution in [-0.2, 0) is 6.54 Å². The molecule has 1 N–H and O–H groups in total. The molecular weight excluding hydrogens is 252 g/mol. The second-order valence-electron chi connectivity index (χ2n) is 2.85. The molecule has 0 spiro atoms. The Kier molecular flexibility index (Phi) is 2.55. The summed E-state index contributed by atoms with van der Waals surface area (Å²) in [4.78, 5) is 14.2. The number of rotatable bonds is 2. The standard InChI is InChI=1S/C8H9BrN2OS/c9-6-1-4-13-7(6)5-11-3-2-10-8(11)12/h1,4H,2-3,5H2,(H,10,12). The summed E-state index contributed by atoms with van der Waals surface area (Å²) in [6.45, 7) is 2.29. The average molecular weight is 261 g/mol. The van der Waals surface area contributed by atoms with E-state index in [0.717, 1.165) is 17.6 Å². The Balaban J connectivity index is 2.06. The molecule has 2 rings (SSSR count). The highest BCUT2D eigenvalue weighted by atomic mass is 79.9. The summed E-state index contributed by atoms with van der Waals surface area (Å²) in [6, 6.07) is 2.05. The fourth-order valence-electron chi connectivity index (χ4n) is 1.27. The van der Waals surface area contributed by atoms with E-state index in [-0.39, 0.29) is 6.03 Å². The lowest BCUT2D eigenvalue weighted by Crippen LogP contribution is -2.27. The Labute approximate surface area is 88.9 Å². The van der Waals surface area contributed by atoms with Gasteiger partial charge < -0.3 is 10.2 Å². The number of hydrogen-bond donors (Lipinski definition) is 1. The maximum absolute atomic E-state index is 11.2. The Hall–Kier alpha value is -0.550. The predicted molar refractivity (Wildman–Crippen MR) is 55.8 cm³/mol. The number of nitrogens with zero attached hydrogens (tertiary/aromatic N) is 1. The molecule has 1 saturated heterocycles. The first-order chi connectivity index (χ1) is 6.27. The molecule has 3 nitrogen and oxygen atoms in total. The van der Waals surface area contributed by atoms with Crippen LogP contribution in [0.25, 0.3) is 0 Å². The third-order valence-corrected chi connectivity index (χ3v) is 3.88. The number of halogens is 1. The Morgan fingerprint density at radius 3 is 3.08 bits per heavy atom. The van der Waals surface area contributed by atoms with Crippen molar-refractivity contribution in [3.63, 3.8) is 0 Å². The molecule has 0 bridgehead atoms. The summed E-state index contributed by atoms with van der Waals surface area (Å²) < 4.78 is 1.09. The van der Waals surface area contributed by atoms with Crippen LogP contribution >= 0.6 is 27.3 Å². The molecule has 1 aliphatic rings. The molecule has 70 valence electrons. The molecule has 5 heteroatoms. The average Bonchev–Trinajstić information content (AvgIpc) is 2.65. The zero-order chi connectivity index (χ0) is 9.26. The minimum Gasteiger partial charge on any atom is -0.336 e. The van der Waals surface area contributed by atoms with E-state index in [4.69, 9.17) is 0 Å². The van der Waals surface area contributed by atoms with E-state index in [9.17, 15) is 4.79 Å². The number of hydrogen-bond acceptors (Lipinski definition) is 2. The van der Waals surface area contributed by atoms with E-state index in [1.165, 1.54) is 4.88 Å². The van der Waals surface area contributed by atoms with Crippen molar-refractivity contribution in [2.24, 2.45) is 0 Å². The maximum Gasteiger partial charge on any atom is 0.317 e. The van der Waals surface area contributed by atoms with Crippen LogP contribution in [0.15, 0.2) is 15.9 Å². The third-order valence-electron chi connectivity index (χ3n) is 1.97. The van der Waals surface area contributed by atoms with Crippen LogP contribution in [0.1, 0.15) is 4.88 Å². The fraction of sp³-hybridized carbons (Fsp3) is 0.375. The van der Waals surface area contributed by atoms with Crippen LogP contribution in [0, 0.1) is 0 Å². The van der Waals surface area contributed by atoms with Gasteiger partial charge in [-0.3, -0.25) is 0 Å². The minimum absolute atomic E-state index is 0.0419. The van der Waals surface area contributed by atoms with Crippen LogP contribution < -0.4 is 5.32 Å². The van der Waals surface area contributed by atoms with E-state index in [2.05, 4.69) is 21.2 Å². The summed E-state index contributed by atoms with van der Waals surface area (Å²) in [5.74, 6) is 0. The number of carbonyl (C=O) groups is 1. The molecule has 1 fully saturated rings. The van der Waals surface area contributed by atoms with Gasteiger partial charge in [-0.1, -0.05) is 0 Å². The van der Waals surface area contributed by atoms with Crippen LogP contribution in [-0.4, -0.2) is 24.0 Å². The van der Waals surface area contributed by atoms with Gasteiger partial charge in [0.15, 0.2) is 0 Å². The van der Waals surface area contributed by atoms with Crippen molar-refractivity contribution in [3.8, 4) is 0 Å². The molecule has 0 atom stereocenters. The van der Waals surface area contributed by atoms with Crippen LogP contribution in [0.2, 0.25) is 0 Å². The second kappa shape index (κ2) is 3.67. The summed E-state index contributed by atoms with van der Waals surface area (Å²) in [7, 11) is 0. The van der Waals surface area contributed by atoms with E-state index < -0.39 is 0 Å². The third kappa shape index (κ3) is 1.86. The minimum atomic E-state index is 0.0419. The molecule has 0 unspecified atom stereocenters. The van der Waals surface area contributed by atoms with Gasteiger partial charge >= 0.3 is 6.03 Å². The molecule has 2 amide bonds. The van der Waals surface area contributed by atoms with Crippen molar-refractivity contribution < 1.29 is 4.79 Å². The van der Waals surface area contributed by atoms with Gasteiger partial charge in [0.05, 0.1) is 6.54 Å². The highest BCUT2D eigenvalue weighted by Gasteiger charge is 2.20. The fourth-order valence-corrected chi connectivity index (χ4v) is 2.77. The van der Waals surface area contributed by atoms with Gasteiger partial charge in [0.1, 0.15) is 0 Å². The lowest BCUT2D eigenvalue weighted by Gasteiger charge is -2.12. The van der Waals surface area contributed by atoms with Gasteiger partial charge in [0.2, 0.25) is 0 Å². The normalized spacial score (nSPS) is 16.4. The van der Waals surface area contributed by atoms with Gasteiger partial charge in [-0.05, 0) is 27.4 Å². The van der Waals surface area contributed by atoms with Crippen molar-refractivity contribution in [2.75, 3.05) is 13.1 Å². The van der Waals surface area contributed by atoms with E-state index in [1.807, 2.05) is 16.3 Å². The quantitative estimate of drug-likeness (QED) is 0.868. The van der Waals surface area contributed by atoms with Gasteiger partial charge in [-0.25, -0.2) is 4.79 Å². The largest absolute Gasteiger partial charge is 0.336 e. The van der Waals surface area contributed by atoms with Crippen molar-refractivity contribution in [3.05, 3.63) is 20.8 Å².